The fraction of sp³-hybridized carbons (Fsp3) is 0.571. The lowest BCUT2D eigenvalue weighted by Gasteiger charge is -2.34. The van der Waals surface area contributed by atoms with E-state index in [0.717, 1.165) is 74.1 Å². The molecule has 0 N–H and O–H groups in total. The van der Waals surface area contributed by atoms with Crippen LogP contribution in [-0.4, -0.2) is 70.8 Å². The number of nitrogens with zero attached hydrogens (tertiary/aromatic N) is 4. The van der Waals surface area contributed by atoms with Crippen LogP contribution in [0.1, 0.15) is 39.6 Å². The van der Waals surface area contributed by atoms with Crippen molar-refractivity contribution in [3.05, 3.63) is 38.5 Å². The first kappa shape index (κ1) is 20.5. The van der Waals surface area contributed by atoms with Gasteiger partial charge in [0.05, 0.1) is 21.5 Å². The summed E-state index contributed by atoms with van der Waals surface area (Å²) >= 11 is 3.16. The molecule has 4 heterocycles. The number of aromatic nitrogens is 1. The molecule has 0 spiro atoms. The third-order valence-electron chi connectivity index (χ3n) is 5.74. The van der Waals surface area contributed by atoms with Gasteiger partial charge in [-0.15, -0.1) is 22.7 Å². The number of carbonyl (C=O) groups excluding carboxylic acids is 2. The van der Waals surface area contributed by atoms with Crippen molar-refractivity contribution < 1.29 is 9.59 Å². The summed E-state index contributed by atoms with van der Waals surface area (Å²) < 4.78 is 0. The smallest absolute Gasteiger partial charge is 0.263 e. The first-order chi connectivity index (χ1) is 14.1. The summed E-state index contributed by atoms with van der Waals surface area (Å²) in [5.41, 5.74) is 1.13. The largest absolute Gasteiger partial charge is 0.341 e. The van der Waals surface area contributed by atoms with E-state index in [1.165, 1.54) is 11.3 Å². The Balaban J connectivity index is 1.32. The van der Waals surface area contributed by atoms with E-state index in [9.17, 15) is 9.59 Å². The fourth-order valence-electron chi connectivity index (χ4n) is 4.24. The highest BCUT2D eigenvalue weighted by atomic mass is 32.1. The van der Waals surface area contributed by atoms with Crippen LogP contribution < -0.4 is 0 Å². The summed E-state index contributed by atoms with van der Waals surface area (Å²) in [5.74, 6) is 0.221. The van der Waals surface area contributed by atoms with Gasteiger partial charge in [0, 0.05) is 51.2 Å². The molecule has 8 heteroatoms. The Labute approximate surface area is 180 Å². The predicted molar refractivity (Wildman–Crippen MR) is 116 cm³/mol. The average Bonchev–Trinajstić information content (AvgIpc) is 3.35. The van der Waals surface area contributed by atoms with Crippen molar-refractivity contribution in [1.82, 2.24) is 19.7 Å². The normalized spacial score (nSPS) is 21.2. The maximum atomic E-state index is 13.2. The zero-order valence-electron chi connectivity index (χ0n) is 16.9. The topological polar surface area (TPSA) is 56.8 Å². The Morgan fingerprint density at radius 2 is 1.97 bits per heavy atom. The first-order valence-electron chi connectivity index (χ1n) is 10.3. The van der Waals surface area contributed by atoms with Crippen molar-refractivity contribution in [2.75, 3.05) is 39.3 Å². The molecular formula is C21H28N4O2S2. The van der Waals surface area contributed by atoms with Crippen LogP contribution in [0.15, 0.2) is 22.9 Å². The van der Waals surface area contributed by atoms with Crippen LogP contribution >= 0.6 is 22.7 Å². The van der Waals surface area contributed by atoms with Crippen LogP contribution in [0.25, 0.3) is 0 Å². The summed E-state index contributed by atoms with van der Waals surface area (Å²) in [4.78, 5) is 37.5. The number of aryl methyl sites for hydroxylation is 1. The SMILES string of the molecule is Cc1nc(CN2CCCN(C(=O)C3CCCN(C(=O)c4cccs4)C3)CC2)cs1. The molecule has 0 saturated carbocycles. The third-order valence-corrected chi connectivity index (χ3v) is 7.42. The summed E-state index contributed by atoms with van der Waals surface area (Å²) in [6, 6.07) is 3.77. The molecule has 1 atom stereocenters. The van der Waals surface area contributed by atoms with Gasteiger partial charge >= 0.3 is 0 Å². The lowest BCUT2D eigenvalue weighted by molar-refractivity contribution is -0.136. The van der Waals surface area contributed by atoms with Crippen LogP contribution in [-0.2, 0) is 11.3 Å². The van der Waals surface area contributed by atoms with Gasteiger partial charge in [0.15, 0.2) is 0 Å². The molecular weight excluding hydrogens is 404 g/mol. The predicted octanol–water partition coefficient (Wildman–Crippen LogP) is 3.10. The van der Waals surface area contributed by atoms with Gasteiger partial charge in [-0.25, -0.2) is 4.98 Å². The van der Waals surface area contributed by atoms with E-state index in [2.05, 4.69) is 15.3 Å². The van der Waals surface area contributed by atoms with Crippen molar-refractivity contribution in [3.8, 4) is 0 Å². The number of piperidine rings is 1. The van der Waals surface area contributed by atoms with E-state index in [1.54, 1.807) is 11.3 Å². The van der Waals surface area contributed by atoms with Crippen LogP contribution in [0.4, 0.5) is 0 Å². The number of amides is 2. The van der Waals surface area contributed by atoms with E-state index in [1.807, 2.05) is 34.2 Å². The molecule has 2 fully saturated rings. The number of thiophene rings is 1. The number of hydrogen-bond acceptors (Lipinski definition) is 6. The van der Waals surface area contributed by atoms with Gasteiger partial charge in [-0.05, 0) is 37.6 Å². The van der Waals surface area contributed by atoms with Gasteiger partial charge in [0.1, 0.15) is 0 Å². The van der Waals surface area contributed by atoms with E-state index in [-0.39, 0.29) is 17.7 Å². The molecule has 1 unspecified atom stereocenters. The summed E-state index contributed by atoms with van der Waals surface area (Å²) in [6.45, 7) is 7.64. The highest BCUT2D eigenvalue weighted by molar-refractivity contribution is 7.12. The molecule has 2 aliphatic heterocycles. The summed E-state index contributed by atoms with van der Waals surface area (Å²) in [7, 11) is 0. The van der Waals surface area contributed by atoms with Gasteiger partial charge in [0.2, 0.25) is 5.91 Å². The number of carbonyl (C=O) groups is 2. The zero-order chi connectivity index (χ0) is 20.2. The molecule has 4 rings (SSSR count). The summed E-state index contributed by atoms with van der Waals surface area (Å²) in [6.07, 6.45) is 2.77. The molecule has 6 nitrogen and oxygen atoms in total. The van der Waals surface area contributed by atoms with E-state index in [0.29, 0.717) is 6.54 Å². The second-order valence-electron chi connectivity index (χ2n) is 7.88. The van der Waals surface area contributed by atoms with E-state index < -0.39 is 0 Å². The highest BCUT2D eigenvalue weighted by Crippen LogP contribution is 2.23. The number of rotatable bonds is 4. The fourth-order valence-corrected chi connectivity index (χ4v) is 5.53. The van der Waals surface area contributed by atoms with Gasteiger partial charge in [0.25, 0.3) is 5.91 Å². The van der Waals surface area contributed by atoms with Gasteiger partial charge in [-0.2, -0.15) is 0 Å². The Morgan fingerprint density at radius 1 is 1.10 bits per heavy atom. The molecule has 2 aliphatic rings. The molecule has 2 aromatic rings. The monoisotopic (exact) mass is 432 g/mol. The van der Waals surface area contributed by atoms with Crippen molar-refractivity contribution in [2.24, 2.45) is 5.92 Å². The van der Waals surface area contributed by atoms with E-state index in [4.69, 9.17) is 0 Å². The summed E-state index contributed by atoms with van der Waals surface area (Å²) in [5, 5.41) is 5.16. The average molecular weight is 433 g/mol. The van der Waals surface area contributed by atoms with Crippen molar-refractivity contribution in [3.63, 3.8) is 0 Å². The van der Waals surface area contributed by atoms with E-state index >= 15 is 0 Å². The number of hydrogen-bond donors (Lipinski definition) is 0. The number of thiazole rings is 1. The standard InChI is InChI=1S/C21H28N4O2S2/c1-16-22-18(15-29-16)14-23-7-4-9-24(11-10-23)20(26)17-5-2-8-25(13-17)21(27)19-6-3-12-28-19/h3,6,12,15,17H,2,4-5,7-11,13-14H2,1H3. The third kappa shape index (κ3) is 5.05. The minimum atomic E-state index is -0.0691. The highest BCUT2D eigenvalue weighted by Gasteiger charge is 2.32. The van der Waals surface area contributed by atoms with Crippen LogP contribution in [0.3, 0.4) is 0 Å². The minimum Gasteiger partial charge on any atom is -0.341 e. The Morgan fingerprint density at radius 3 is 2.72 bits per heavy atom. The molecule has 156 valence electrons. The van der Waals surface area contributed by atoms with Gasteiger partial charge in [-0.1, -0.05) is 6.07 Å². The molecule has 0 radical (unpaired) electrons. The second kappa shape index (κ2) is 9.36. The molecule has 0 aromatic carbocycles. The second-order valence-corrected chi connectivity index (χ2v) is 9.89. The molecule has 29 heavy (non-hydrogen) atoms. The lowest BCUT2D eigenvalue weighted by atomic mass is 9.96. The van der Waals surface area contributed by atoms with Crippen molar-refractivity contribution >= 4 is 34.5 Å². The molecule has 2 amide bonds. The lowest BCUT2D eigenvalue weighted by Crippen LogP contribution is -2.47. The maximum absolute atomic E-state index is 13.2. The van der Waals surface area contributed by atoms with Gasteiger partial charge in [-0.3, -0.25) is 14.5 Å². The van der Waals surface area contributed by atoms with Crippen LogP contribution in [0.2, 0.25) is 0 Å². The number of likely N-dealkylation sites (tertiary alicyclic amines) is 1. The molecule has 0 aliphatic carbocycles. The Kier molecular flexibility index (Phi) is 6.62. The first-order valence-corrected chi connectivity index (χ1v) is 12.1. The molecule has 0 bridgehead atoms. The Bertz CT molecular complexity index is 836. The maximum Gasteiger partial charge on any atom is 0.263 e. The molecule has 2 saturated heterocycles. The minimum absolute atomic E-state index is 0.0677. The van der Waals surface area contributed by atoms with Crippen molar-refractivity contribution in [1.29, 1.82) is 0 Å². The van der Waals surface area contributed by atoms with Gasteiger partial charge < -0.3 is 9.80 Å². The molecule has 2 aromatic heterocycles. The quantitative estimate of drug-likeness (QED) is 0.745. The van der Waals surface area contributed by atoms with Crippen LogP contribution in [0, 0.1) is 12.8 Å². The Hall–Kier alpha value is -1.77. The van der Waals surface area contributed by atoms with Crippen LogP contribution in [0.5, 0.6) is 0 Å². The van der Waals surface area contributed by atoms with Crippen molar-refractivity contribution in [2.45, 2.75) is 32.7 Å². The zero-order valence-corrected chi connectivity index (χ0v) is 18.5.